The molecule has 118 valence electrons. The van der Waals surface area contributed by atoms with E-state index in [2.05, 4.69) is 4.72 Å². The summed E-state index contributed by atoms with van der Waals surface area (Å²) in [5.74, 6) is 1.42. The second-order valence-corrected chi connectivity index (χ2v) is 8.13. The van der Waals surface area contributed by atoms with Crippen molar-refractivity contribution < 1.29 is 13.3 Å². The second-order valence-electron chi connectivity index (χ2n) is 4.25. The summed E-state index contributed by atoms with van der Waals surface area (Å²) in [5, 5.41) is 12.9. The predicted octanol–water partition coefficient (Wildman–Crippen LogP) is 2.87. The third-order valence-electron chi connectivity index (χ3n) is 2.71. The molecule has 0 unspecified atom stereocenters. The molecule has 0 fully saturated rings. The van der Waals surface area contributed by atoms with Crippen molar-refractivity contribution in [1.82, 2.24) is 4.72 Å². The lowest BCUT2D eigenvalue weighted by atomic mass is 10.3. The third kappa shape index (κ3) is 4.54. The largest absolute Gasteiger partial charge is 0.289 e. The Balaban J connectivity index is 1.90. The Kier molecular flexibility index (Phi) is 5.95. The van der Waals surface area contributed by atoms with Gasteiger partial charge in [-0.25, -0.2) is 13.1 Å². The van der Waals surface area contributed by atoms with Crippen LogP contribution in [0.15, 0.2) is 46.7 Å². The second kappa shape index (κ2) is 7.73. The van der Waals surface area contributed by atoms with Gasteiger partial charge >= 0.3 is 0 Å². The number of rotatable bonds is 8. The highest BCUT2D eigenvalue weighted by atomic mass is 32.2. The van der Waals surface area contributed by atoms with Gasteiger partial charge in [0.25, 0.3) is 5.69 Å². The molecule has 0 radical (unpaired) electrons. The molecule has 0 atom stereocenters. The van der Waals surface area contributed by atoms with E-state index in [1.54, 1.807) is 23.1 Å². The van der Waals surface area contributed by atoms with Crippen molar-refractivity contribution in [3.05, 3.63) is 56.8 Å². The summed E-state index contributed by atoms with van der Waals surface area (Å²) in [7, 11) is -3.87. The number of thioether (sulfide) groups is 1. The molecule has 1 aromatic carbocycles. The van der Waals surface area contributed by atoms with Gasteiger partial charge < -0.3 is 0 Å². The molecule has 0 amide bonds. The molecular formula is C13H14N2O4S3. The first-order valence-electron chi connectivity index (χ1n) is 6.34. The predicted molar refractivity (Wildman–Crippen MR) is 88.8 cm³/mol. The quantitative estimate of drug-likeness (QED) is 0.445. The van der Waals surface area contributed by atoms with Gasteiger partial charge in [-0.15, -0.1) is 11.3 Å². The molecule has 0 spiro atoms. The maximum absolute atomic E-state index is 12.1. The lowest BCUT2D eigenvalue weighted by molar-refractivity contribution is -0.387. The molecule has 0 saturated heterocycles. The fourth-order valence-corrected chi connectivity index (χ4v) is 4.76. The standard InChI is InChI=1S/C13H14N2O4S3/c16-15(17)12-5-1-2-6-13(12)22(18,19)14-7-9-20-10-11-4-3-8-21-11/h1-6,8,14H,7,9-10H2. The third-order valence-corrected chi connectivity index (χ3v) is 6.29. The number of hydrogen-bond donors (Lipinski definition) is 1. The van der Waals surface area contributed by atoms with Gasteiger partial charge in [0.2, 0.25) is 10.0 Å². The van der Waals surface area contributed by atoms with Crippen LogP contribution in [0.2, 0.25) is 0 Å². The Bertz CT molecular complexity index is 730. The number of hydrogen-bond acceptors (Lipinski definition) is 6. The zero-order valence-electron chi connectivity index (χ0n) is 11.5. The van der Waals surface area contributed by atoms with Crippen molar-refractivity contribution in [3.8, 4) is 0 Å². The highest BCUT2D eigenvalue weighted by molar-refractivity contribution is 7.98. The van der Waals surface area contributed by atoms with Crippen molar-refractivity contribution in [2.75, 3.05) is 12.3 Å². The van der Waals surface area contributed by atoms with Crippen molar-refractivity contribution in [2.45, 2.75) is 10.6 Å². The number of thiophene rings is 1. The number of nitrogens with zero attached hydrogens (tertiary/aromatic N) is 1. The number of para-hydroxylation sites is 1. The van der Waals surface area contributed by atoms with E-state index in [9.17, 15) is 18.5 Å². The molecule has 2 rings (SSSR count). The summed E-state index contributed by atoms with van der Waals surface area (Å²) in [6.07, 6.45) is 0. The maximum atomic E-state index is 12.1. The Labute approximate surface area is 136 Å². The van der Waals surface area contributed by atoms with Crippen LogP contribution in [0.1, 0.15) is 4.88 Å². The van der Waals surface area contributed by atoms with Gasteiger partial charge in [-0.1, -0.05) is 18.2 Å². The van der Waals surface area contributed by atoms with Crippen LogP contribution < -0.4 is 4.72 Å². The fourth-order valence-electron chi connectivity index (χ4n) is 1.73. The summed E-state index contributed by atoms with van der Waals surface area (Å²) >= 11 is 3.26. The number of nitro groups is 1. The van der Waals surface area contributed by atoms with E-state index in [-0.39, 0.29) is 11.4 Å². The van der Waals surface area contributed by atoms with Gasteiger partial charge in [0.1, 0.15) is 0 Å². The van der Waals surface area contributed by atoms with Crippen molar-refractivity contribution >= 4 is 38.8 Å². The van der Waals surface area contributed by atoms with Gasteiger partial charge in [0.15, 0.2) is 4.90 Å². The first kappa shape index (κ1) is 16.9. The van der Waals surface area contributed by atoms with Gasteiger partial charge in [-0.2, -0.15) is 11.8 Å². The van der Waals surface area contributed by atoms with Crippen molar-refractivity contribution in [1.29, 1.82) is 0 Å². The van der Waals surface area contributed by atoms with Crippen LogP contribution in [0.5, 0.6) is 0 Å². The lowest BCUT2D eigenvalue weighted by Gasteiger charge is -2.07. The van der Waals surface area contributed by atoms with Gasteiger partial charge in [-0.3, -0.25) is 10.1 Å². The highest BCUT2D eigenvalue weighted by Gasteiger charge is 2.24. The molecule has 0 bridgehead atoms. The number of benzene rings is 1. The SMILES string of the molecule is O=[N+]([O-])c1ccccc1S(=O)(=O)NCCSCc1cccs1. The summed E-state index contributed by atoms with van der Waals surface area (Å²) in [5.41, 5.74) is -0.416. The maximum Gasteiger partial charge on any atom is 0.289 e. The van der Waals surface area contributed by atoms with E-state index in [0.29, 0.717) is 5.75 Å². The topological polar surface area (TPSA) is 89.3 Å². The first-order valence-corrected chi connectivity index (χ1v) is 9.85. The molecule has 0 saturated carbocycles. The van der Waals surface area contributed by atoms with Crippen molar-refractivity contribution in [2.24, 2.45) is 0 Å². The highest BCUT2D eigenvalue weighted by Crippen LogP contribution is 2.22. The van der Waals surface area contributed by atoms with Crippen molar-refractivity contribution in [3.63, 3.8) is 0 Å². The average Bonchev–Trinajstić information content (AvgIpc) is 3.00. The molecule has 6 nitrogen and oxygen atoms in total. The molecule has 22 heavy (non-hydrogen) atoms. The van der Waals surface area contributed by atoms with Gasteiger partial charge in [-0.05, 0) is 17.5 Å². The minimum absolute atomic E-state index is 0.227. The number of sulfonamides is 1. The Morgan fingerprint density at radius 2 is 2.00 bits per heavy atom. The normalized spacial score (nSPS) is 11.5. The molecule has 0 aliphatic carbocycles. The zero-order valence-corrected chi connectivity index (χ0v) is 13.9. The van der Waals surface area contributed by atoms with E-state index < -0.39 is 20.6 Å². The van der Waals surface area contributed by atoms with Crippen LogP contribution in [0.3, 0.4) is 0 Å². The molecule has 1 N–H and O–H groups in total. The van der Waals surface area contributed by atoms with E-state index in [1.165, 1.54) is 29.1 Å². The number of nitrogens with one attached hydrogen (secondary N) is 1. The first-order chi connectivity index (χ1) is 10.5. The molecule has 1 aromatic heterocycles. The molecule has 0 aliphatic rings. The molecule has 9 heteroatoms. The summed E-state index contributed by atoms with van der Waals surface area (Å²) in [6.45, 7) is 0.227. The fraction of sp³-hybridized carbons (Fsp3) is 0.231. The zero-order chi connectivity index (χ0) is 16.0. The Morgan fingerprint density at radius 1 is 1.23 bits per heavy atom. The van der Waals surface area contributed by atoms with E-state index in [1.807, 2.05) is 17.5 Å². The van der Waals surface area contributed by atoms with Gasteiger partial charge in [0.05, 0.1) is 4.92 Å². The van der Waals surface area contributed by atoms with Crippen LogP contribution >= 0.6 is 23.1 Å². The van der Waals surface area contributed by atoms with Crippen LogP contribution in [0.25, 0.3) is 0 Å². The van der Waals surface area contributed by atoms with E-state index in [0.717, 1.165) is 5.75 Å². The summed E-state index contributed by atoms with van der Waals surface area (Å²) in [6, 6.07) is 9.31. The average molecular weight is 358 g/mol. The molecular weight excluding hydrogens is 344 g/mol. The van der Waals surface area contributed by atoms with Crippen LogP contribution in [-0.4, -0.2) is 25.6 Å². The monoisotopic (exact) mass is 358 g/mol. The molecule has 1 heterocycles. The minimum Gasteiger partial charge on any atom is -0.258 e. The Hall–Kier alpha value is -1.42. The van der Waals surface area contributed by atoms with Crippen LogP contribution in [0.4, 0.5) is 5.69 Å². The summed E-state index contributed by atoms with van der Waals surface area (Å²) < 4.78 is 26.7. The van der Waals surface area contributed by atoms with E-state index in [4.69, 9.17) is 0 Å². The lowest BCUT2D eigenvalue weighted by Crippen LogP contribution is -2.26. The number of nitro benzene ring substituents is 1. The smallest absolute Gasteiger partial charge is 0.258 e. The van der Waals surface area contributed by atoms with Crippen LogP contribution in [-0.2, 0) is 15.8 Å². The Morgan fingerprint density at radius 3 is 2.68 bits per heavy atom. The van der Waals surface area contributed by atoms with Gasteiger partial charge in [0, 0.05) is 29.0 Å². The van der Waals surface area contributed by atoms with E-state index >= 15 is 0 Å². The molecule has 0 aliphatic heterocycles. The minimum atomic E-state index is -3.87. The van der Waals surface area contributed by atoms with Crippen LogP contribution in [0, 0.1) is 10.1 Å². The molecule has 2 aromatic rings. The summed E-state index contributed by atoms with van der Waals surface area (Å²) in [4.78, 5) is 11.1.